The van der Waals surface area contributed by atoms with E-state index in [1.807, 2.05) is 43.5 Å². The number of thiocarbonyl (C=S) groups is 1. The summed E-state index contributed by atoms with van der Waals surface area (Å²) in [5, 5.41) is 7.12. The second-order valence-electron chi connectivity index (χ2n) is 10.4. The maximum Gasteiger partial charge on any atom is 0.250 e. The number of hydrogen-bond donors (Lipinski definition) is 2. The number of amides is 1. The topological polar surface area (TPSA) is 71.4 Å². The largest absolute Gasteiger partial charge is 0.375 e. The number of hydrogen-bond acceptors (Lipinski definition) is 4. The molecular formula is C32H35N5O2S. The molecule has 0 aliphatic carbocycles. The van der Waals surface area contributed by atoms with E-state index < -0.39 is 0 Å². The number of aromatic nitrogens is 2. The first kappa shape index (κ1) is 27.6. The molecule has 2 N–H and O–H groups in total. The van der Waals surface area contributed by atoms with Crippen molar-refractivity contribution in [2.24, 2.45) is 0 Å². The summed E-state index contributed by atoms with van der Waals surface area (Å²) >= 11 is 5.97. The Morgan fingerprint density at radius 1 is 1.02 bits per heavy atom. The first-order valence-corrected chi connectivity index (χ1v) is 13.8. The summed E-state index contributed by atoms with van der Waals surface area (Å²) < 4.78 is 7.31. The van der Waals surface area contributed by atoms with Gasteiger partial charge in [0.2, 0.25) is 5.91 Å². The van der Waals surface area contributed by atoms with Crippen LogP contribution in [0.25, 0.3) is 5.69 Å². The Bertz CT molecular complexity index is 1580. The smallest absolute Gasteiger partial charge is 0.250 e. The number of aryl methyl sites for hydroxylation is 4. The average Bonchev–Trinajstić information content (AvgIpc) is 3.42. The van der Waals surface area contributed by atoms with Gasteiger partial charge in [-0.05, 0) is 112 Å². The Morgan fingerprint density at radius 3 is 2.52 bits per heavy atom. The monoisotopic (exact) mass is 553 g/mol. The summed E-state index contributed by atoms with van der Waals surface area (Å²) in [5.74, 6) is -0.191. The normalized spacial score (nSPS) is 16.8. The van der Waals surface area contributed by atoms with Crippen LogP contribution in [0, 0.1) is 34.6 Å². The second kappa shape index (κ2) is 11.2. The molecule has 1 saturated heterocycles. The van der Waals surface area contributed by atoms with Crippen molar-refractivity contribution in [3.8, 4) is 5.69 Å². The van der Waals surface area contributed by atoms with Crippen molar-refractivity contribution in [1.82, 2.24) is 14.9 Å². The van der Waals surface area contributed by atoms with Crippen molar-refractivity contribution >= 4 is 34.6 Å². The predicted octanol–water partition coefficient (Wildman–Crippen LogP) is 6.18. The Morgan fingerprint density at radius 2 is 1.82 bits per heavy atom. The van der Waals surface area contributed by atoms with Crippen LogP contribution in [0.1, 0.15) is 51.4 Å². The highest BCUT2D eigenvalue weighted by Gasteiger charge is 2.42. The van der Waals surface area contributed by atoms with Gasteiger partial charge in [0.15, 0.2) is 5.11 Å². The molecule has 5 rings (SSSR count). The zero-order valence-electron chi connectivity index (χ0n) is 23.8. The third kappa shape index (κ3) is 5.12. The summed E-state index contributed by atoms with van der Waals surface area (Å²) in [4.78, 5) is 19.0. The van der Waals surface area contributed by atoms with Crippen molar-refractivity contribution in [2.75, 3.05) is 23.9 Å². The Hall–Kier alpha value is -4.01. The third-order valence-electron chi connectivity index (χ3n) is 7.53. The van der Waals surface area contributed by atoms with Crippen LogP contribution in [-0.4, -0.2) is 34.3 Å². The summed E-state index contributed by atoms with van der Waals surface area (Å²) in [6, 6.07) is 20.5. The van der Waals surface area contributed by atoms with Crippen LogP contribution >= 0.6 is 12.2 Å². The lowest BCUT2D eigenvalue weighted by molar-refractivity contribution is -0.119. The Labute approximate surface area is 241 Å². The highest BCUT2D eigenvalue weighted by molar-refractivity contribution is 7.80. The molecule has 2 atom stereocenters. The van der Waals surface area contributed by atoms with Crippen LogP contribution < -0.4 is 15.5 Å². The molecule has 0 unspecified atom stereocenters. The van der Waals surface area contributed by atoms with Gasteiger partial charge < -0.3 is 24.8 Å². The maximum absolute atomic E-state index is 12.1. The lowest BCUT2D eigenvalue weighted by Gasteiger charge is -2.29. The maximum atomic E-state index is 12.1. The van der Waals surface area contributed by atoms with Crippen molar-refractivity contribution < 1.29 is 9.53 Å². The molecule has 1 amide bonds. The fourth-order valence-electron chi connectivity index (χ4n) is 5.62. The highest BCUT2D eigenvalue weighted by atomic mass is 32.1. The summed E-state index contributed by atoms with van der Waals surface area (Å²) in [6.45, 7) is 10.6. The van der Waals surface area contributed by atoms with Gasteiger partial charge in [-0.3, -0.25) is 9.78 Å². The van der Waals surface area contributed by atoms with Crippen molar-refractivity contribution in [2.45, 2.75) is 46.7 Å². The minimum atomic E-state index is -0.191. The van der Waals surface area contributed by atoms with Crippen molar-refractivity contribution in [3.63, 3.8) is 0 Å². The number of rotatable bonds is 7. The minimum Gasteiger partial charge on any atom is -0.375 e. The number of ether oxygens (including phenoxy) is 1. The fraction of sp³-hybridized carbons (Fsp3) is 0.281. The highest BCUT2D eigenvalue weighted by Crippen LogP contribution is 2.44. The van der Waals surface area contributed by atoms with E-state index >= 15 is 0 Å². The number of methoxy groups -OCH3 is 1. The zero-order chi connectivity index (χ0) is 28.6. The van der Waals surface area contributed by atoms with Gasteiger partial charge in [0, 0.05) is 41.8 Å². The van der Waals surface area contributed by atoms with Gasteiger partial charge in [-0.25, -0.2) is 0 Å². The molecule has 2 aromatic heterocycles. The van der Waals surface area contributed by atoms with E-state index in [0.717, 1.165) is 34.0 Å². The fourth-order valence-corrected chi connectivity index (χ4v) is 5.97. The molecule has 4 aromatic rings. The van der Waals surface area contributed by atoms with Crippen LogP contribution in [0.15, 0.2) is 66.9 Å². The van der Waals surface area contributed by atoms with E-state index in [0.29, 0.717) is 5.11 Å². The van der Waals surface area contributed by atoms with Crippen molar-refractivity contribution in [3.05, 3.63) is 106 Å². The first-order chi connectivity index (χ1) is 19.2. The summed E-state index contributed by atoms with van der Waals surface area (Å²) in [7, 11) is 1.51. The van der Waals surface area contributed by atoms with Gasteiger partial charge in [0.25, 0.3) is 0 Å². The lowest BCUT2D eigenvalue weighted by Crippen LogP contribution is -2.29. The zero-order valence-corrected chi connectivity index (χ0v) is 24.6. The van der Waals surface area contributed by atoms with E-state index in [9.17, 15) is 4.79 Å². The van der Waals surface area contributed by atoms with Gasteiger partial charge in [0.1, 0.15) is 6.61 Å². The number of benzene rings is 2. The molecule has 8 heteroatoms. The van der Waals surface area contributed by atoms with Crippen molar-refractivity contribution in [1.29, 1.82) is 0 Å². The number of nitrogens with one attached hydrogen (secondary N) is 2. The van der Waals surface area contributed by atoms with Crippen LogP contribution in [0.4, 0.5) is 11.4 Å². The molecule has 0 radical (unpaired) electrons. The molecule has 3 heterocycles. The standard InChI is InChI=1S/C32H35N5O2S/c1-19-10-11-20(2)28(15-19)36-22(4)17-25(23(36)5)31-30(27-9-7-8-14-33-27)35-32(40)37(31)24-12-13-26(21(3)16-24)34-29(38)18-39-6/h7-17,30-31H,18H2,1-6H3,(H,34,38)(H,35,40)/t30-,31+/m0/s1. The number of pyridine rings is 1. The number of anilines is 2. The summed E-state index contributed by atoms with van der Waals surface area (Å²) in [5.41, 5.74) is 10.7. The van der Waals surface area contributed by atoms with Crippen LogP contribution in [-0.2, 0) is 9.53 Å². The molecule has 1 fully saturated rings. The number of nitrogens with zero attached hydrogens (tertiary/aromatic N) is 3. The molecule has 206 valence electrons. The lowest BCUT2D eigenvalue weighted by atomic mass is 9.96. The van der Waals surface area contributed by atoms with E-state index in [4.69, 9.17) is 21.9 Å². The van der Waals surface area contributed by atoms with Crippen LogP contribution in [0.5, 0.6) is 0 Å². The van der Waals surface area contributed by atoms with E-state index in [2.05, 4.69) is 78.1 Å². The molecular weight excluding hydrogens is 518 g/mol. The van der Waals surface area contributed by atoms with E-state index in [1.165, 1.54) is 29.5 Å². The Kier molecular flexibility index (Phi) is 7.74. The number of carbonyl (C=O) groups is 1. The molecule has 1 aliphatic rings. The molecule has 0 saturated carbocycles. The van der Waals surface area contributed by atoms with E-state index in [-0.39, 0.29) is 24.6 Å². The molecule has 0 bridgehead atoms. The van der Waals surface area contributed by atoms with Crippen LogP contribution in [0.2, 0.25) is 0 Å². The molecule has 2 aromatic carbocycles. The second-order valence-corrected chi connectivity index (χ2v) is 10.8. The third-order valence-corrected chi connectivity index (χ3v) is 7.84. The van der Waals surface area contributed by atoms with Gasteiger partial charge in [-0.1, -0.05) is 18.2 Å². The van der Waals surface area contributed by atoms with Gasteiger partial charge in [-0.15, -0.1) is 0 Å². The minimum absolute atomic E-state index is 0.00514. The predicted molar refractivity (Wildman–Crippen MR) is 164 cm³/mol. The molecule has 0 spiro atoms. The average molecular weight is 554 g/mol. The van der Waals surface area contributed by atoms with Gasteiger partial charge >= 0.3 is 0 Å². The van der Waals surface area contributed by atoms with Gasteiger partial charge in [-0.2, -0.15) is 0 Å². The van der Waals surface area contributed by atoms with Crippen LogP contribution in [0.3, 0.4) is 0 Å². The van der Waals surface area contributed by atoms with Gasteiger partial charge in [0.05, 0.1) is 17.8 Å². The molecule has 1 aliphatic heterocycles. The van der Waals surface area contributed by atoms with E-state index in [1.54, 1.807) is 0 Å². The number of carbonyl (C=O) groups excluding carboxylic acids is 1. The molecule has 7 nitrogen and oxygen atoms in total. The summed E-state index contributed by atoms with van der Waals surface area (Å²) in [6.07, 6.45) is 1.82. The quantitative estimate of drug-likeness (QED) is 0.267. The molecule has 40 heavy (non-hydrogen) atoms. The first-order valence-electron chi connectivity index (χ1n) is 13.4. The SMILES string of the molecule is COCC(=O)Nc1ccc(N2C(=S)N[C@@H](c3ccccn3)[C@H]2c2cc(C)n(-c3cc(C)ccc3C)c2C)cc1C. The Balaban J connectivity index is 1.63.